The highest BCUT2D eigenvalue weighted by Gasteiger charge is 2.24. The number of hydrogen-bond donors (Lipinski definition) is 1. The first-order chi connectivity index (χ1) is 16.7. The van der Waals surface area contributed by atoms with Crippen molar-refractivity contribution in [2.75, 3.05) is 6.61 Å². The minimum absolute atomic E-state index is 0.0115. The lowest BCUT2D eigenvalue weighted by Gasteiger charge is -2.17. The van der Waals surface area contributed by atoms with Gasteiger partial charge in [0.15, 0.2) is 11.6 Å². The van der Waals surface area contributed by atoms with Crippen molar-refractivity contribution in [2.24, 2.45) is 16.0 Å². The molecular weight excluding hydrogens is 462 g/mol. The first kappa shape index (κ1) is 28.4. The van der Waals surface area contributed by atoms with Gasteiger partial charge < -0.3 is 14.7 Å². The number of carbonyl (C=O) groups is 4. The smallest absolute Gasteiger partial charge is 0.344 e. The molecule has 0 radical (unpaired) electrons. The maximum Gasteiger partial charge on any atom is 0.344 e. The van der Waals surface area contributed by atoms with Gasteiger partial charge in [-0.25, -0.2) is 4.79 Å². The molecule has 2 aromatic rings. The number of Topliss-reactive ketones (excluding diaryl/α,β-unsaturated/α-hetero) is 2. The van der Waals surface area contributed by atoms with E-state index in [0.29, 0.717) is 16.7 Å². The second-order valence-corrected chi connectivity index (χ2v) is 10.4. The Bertz CT molecular complexity index is 1130. The van der Waals surface area contributed by atoms with E-state index in [9.17, 15) is 19.2 Å². The topological polar surface area (TPSA) is 119 Å². The highest BCUT2D eigenvalue weighted by molar-refractivity contribution is 6.06. The lowest BCUT2D eigenvalue weighted by atomic mass is 9.86. The number of hydrogen-bond acceptors (Lipinski definition) is 7. The molecule has 1 N–H and O–H groups in total. The summed E-state index contributed by atoms with van der Waals surface area (Å²) in [5.41, 5.74) is 0.469. The van der Waals surface area contributed by atoms with Crippen molar-refractivity contribution < 1.29 is 33.9 Å². The highest BCUT2D eigenvalue weighted by Crippen LogP contribution is 2.23. The summed E-state index contributed by atoms with van der Waals surface area (Å²) in [6.07, 6.45) is 0.135. The molecular formula is C28H33NO7. The Morgan fingerprint density at radius 1 is 0.722 bits per heavy atom. The number of carboxylic acids is 1. The molecule has 8 heteroatoms. The van der Waals surface area contributed by atoms with Gasteiger partial charge in [-0.3, -0.25) is 14.4 Å². The minimum Gasteiger partial charge on any atom is -0.481 e. The van der Waals surface area contributed by atoms with E-state index in [1.807, 2.05) is 41.5 Å². The fraction of sp³-hybridized carbons (Fsp3) is 0.393. The number of aliphatic carboxylic acids is 1. The van der Waals surface area contributed by atoms with Crippen LogP contribution in [0.15, 0.2) is 53.7 Å². The zero-order valence-corrected chi connectivity index (χ0v) is 21.6. The van der Waals surface area contributed by atoms with Crippen LogP contribution in [0.25, 0.3) is 0 Å². The number of carboxylic acid groups (broad SMARTS) is 1. The molecule has 0 saturated heterocycles. The molecule has 0 aromatic heterocycles. The van der Waals surface area contributed by atoms with Gasteiger partial charge in [0.2, 0.25) is 0 Å². The van der Waals surface area contributed by atoms with E-state index in [1.54, 1.807) is 36.4 Å². The van der Waals surface area contributed by atoms with Crippen LogP contribution >= 0.6 is 0 Å². The van der Waals surface area contributed by atoms with Crippen molar-refractivity contribution in [3.63, 3.8) is 0 Å². The van der Waals surface area contributed by atoms with Gasteiger partial charge in [0.05, 0.1) is 5.56 Å². The van der Waals surface area contributed by atoms with Crippen molar-refractivity contribution in [1.82, 2.24) is 0 Å². The average Bonchev–Trinajstić information content (AvgIpc) is 2.81. The zero-order chi connectivity index (χ0) is 27.1. The number of oxime groups is 1. The van der Waals surface area contributed by atoms with E-state index >= 15 is 0 Å². The van der Waals surface area contributed by atoms with Crippen molar-refractivity contribution in [3.05, 3.63) is 70.8 Å². The molecule has 192 valence electrons. The van der Waals surface area contributed by atoms with Crippen LogP contribution in [-0.2, 0) is 14.4 Å². The number of esters is 1. The van der Waals surface area contributed by atoms with Gasteiger partial charge >= 0.3 is 11.9 Å². The summed E-state index contributed by atoms with van der Waals surface area (Å²) in [4.78, 5) is 53.7. The molecule has 0 aliphatic carbocycles. The van der Waals surface area contributed by atoms with Crippen LogP contribution in [0, 0.1) is 10.8 Å². The predicted molar refractivity (Wildman–Crippen MR) is 135 cm³/mol. The third kappa shape index (κ3) is 8.15. The summed E-state index contributed by atoms with van der Waals surface area (Å²) in [7, 11) is 0. The molecule has 0 unspecified atom stereocenters. The Labute approximate surface area is 211 Å². The Balaban J connectivity index is 2.25. The van der Waals surface area contributed by atoms with Crippen LogP contribution in [0.4, 0.5) is 0 Å². The molecule has 2 aromatic carbocycles. The lowest BCUT2D eigenvalue weighted by Crippen LogP contribution is -2.21. The normalized spacial score (nSPS) is 12.1. The molecule has 0 saturated carbocycles. The molecule has 0 amide bonds. The summed E-state index contributed by atoms with van der Waals surface area (Å²) in [5, 5.41) is 12.7. The van der Waals surface area contributed by atoms with Crippen LogP contribution in [0.2, 0.25) is 0 Å². The molecule has 0 spiro atoms. The Morgan fingerprint density at radius 2 is 1.14 bits per heavy atom. The summed E-state index contributed by atoms with van der Waals surface area (Å²) in [6.45, 7) is 10.9. The first-order valence-corrected chi connectivity index (χ1v) is 11.6. The van der Waals surface area contributed by atoms with Gasteiger partial charge in [0.25, 0.3) is 5.90 Å². The maximum atomic E-state index is 12.8. The van der Waals surface area contributed by atoms with Crippen LogP contribution in [0.5, 0.6) is 0 Å². The summed E-state index contributed by atoms with van der Waals surface area (Å²) < 4.78 is 5.49. The van der Waals surface area contributed by atoms with Crippen LogP contribution < -0.4 is 0 Å². The molecule has 2 rings (SSSR count). The van der Waals surface area contributed by atoms with Crippen molar-refractivity contribution in [1.29, 1.82) is 0 Å². The SMILES string of the molecule is CC(C)(C)C(=O)c1ccc(C(=O)O/C(=N\OCCCC(=O)O)c2ccc(C(=O)C(C)(C)C)cc2)cc1. The second kappa shape index (κ2) is 11.7. The van der Waals surface area contributed by atoms with E-state index in [2.05, 4.69) is 5.16 Å². The second-order valence-electron chi connectivity index (χ2n) is 10.4. The minimum atomic E-state index is -0.957. The molecule has 0 bridgehead atoms. The van der Waals surface area contributed by atoms with Crippen molar-refractivity contribution in [2.45, 2.75) is 54.4 Å². The number of benzene rings is 2. The number of rotatable bonds is 9. The standard InChI is InChI=1S/C28H33NO7/c1-27(2,3)23(32)18-9-13-20(14-10-18)25(29-35-17-7-8-22(30)31)36-26(34)21-15-11-19(12-16-21)24(33)28(4,5)6/h9-16H,7-8,17H2,1-6H3,(H,30,31)/b29-25-. The van der Waals surface area contributed by atoms with Crippen molar-refractivity contribution >= 4 is 29.4 Å². The van der Waals surface area contributed by atoms with Crippen molar-refractivity contribution in [3.8, 4) is 0 Å². The zero-order valence-electron chi connectivity index (χ0n) is 21.6. The molecule has 0 fully saturated rings. The fourth-order valence-electron chi connectivity index (χ4n) is 3.06. The number of ketones is 2. The van der Waals surface area contributed by atoms with Crippen LogP contribution in [0.1, 0.15) is 91.0 Å². The number of nitrogens with zero attached hydrogens (tertiary/aromatic N) is 1. The predicted octanol–water partition coefficient (Wildman–Crippen LogP) is 5.54. The number of carbonyl (C=O) groups excluding carboxylic acids is 3. The van der Waals surface area contributed by atoms with Crippen LogP contribution in [0.3, 0.4) is 0 Å². The molecule has 8 nitrogen and oxygen atoms in total. The van der Waals surface area contributed by atoms with Gasteiger partial charge in [-0.2, -0.15) is 0 Å². The first-order valence-electron chi connectivity index (χ1n) is 11.6. The monoisotopic (exact) mass is 495 g/mol. The van der Waals surface area contributed by atoms with Gasteiger partial charge in [0.1, 0.15) is 6.61 Å². The molecule has 0 aliphatic heterocycles. The number of ether oxygens (including phenoxy) is 1. The van der Waals surface area contributed by atoms with E-state index in [1.165, 1.54) is 12.1 Å². The fourth-order valence-corrected chi connectivity index (χ4v) is 3.06. The Kier molecular flexibility index (Phi) is 9.28. The molecule has 0 aliphatic rings. The molecule has 0 heterocycles. The van der Waals surface area contributed by atoms with Gasteiger partial charge in [-0.15, -0.1) is 0 Å². The highest BCUT2D eigenvalue weighted by atomic mass is 16.7. The van der Waals surface area contributed by atoms with E-state index < -0.39 is 22.8 Å². The third-order valence-corrected chi connectivity index (χ3v) is 5.10. The van der Waals surface area contributed by atoms with Gasteiger partial charge in [0, 0.05) is 33.9 Å². The maximum absolute atomic E-state index is 12.8. The Hall–Kier alpha value is -3.81. The third-order valence-electron chi connectivity index (χ3n) is 5.10. The lowest BCUT2D eigenvalue weighted by molar-refractivity contribution is -0.137. The van der Waals surface area contributed by atoms with Gasteiger partial charge in [-0.05, 0) is 35.8 Å². The summed E-state index contributed by atoms with van der Waals surface area (Å²) >= 11 is 0. The molecule has 0 atom stereocenters. The van der Waals surface area contributed by atoms with Crippen LogP contribution in [-0.4, -0.2) is 41.1 Å². The summed E-state index contributed by atoms with van der Waals surface area (Å²) in [5.74, 6) is -1.90. The molecule has 36 heavy (non-hydrogen) atoms. The average molecular weight is 496 g/mol. The quantitative estimate of drug-likeness (QED) is 0.121. The Morgan fingerprint density at radius 3 is 1.56 bits per heavy atom. The van der Waals surface area contributed by atoms with E-state index in [0.717, 1.165) is 0 Å². The largest absolute Gasteiger partial charge is 0.481 e. The van der Waals surface area contributed by atoms with E-state index in [-0.39, 0.29) is 42.5 Å². The summed E-state index contributed by atoms with van der Waals surface area (Å²) in [6, 6.07) is 12.5. The van der Waals surface area contributed by atoms with E-state index in [4.69, 9.17) is 14.7 Å². The van der Waals surface area contributed by atoms with Gasteiger partial charge in [-0.1, -0.05) is 65.8 Å².